The highest BCUT2D eigenvalue weighted by Gasteiger charge is 2.20. The van der Waals surface area contributed by atoms with Gasteiger partial charge in [-0.3, -0.25) is 0 Å². The van der Waals surface area contributed by atoms with Gasteiger partial charge in [0.25, 0.3) is 0 Å². The molecule has 0 fully saturated rings. The number of rotatable bonds is 4. The van der Waals surface area contributed by atoms with Crippen LogP contribution in [0.2, 0.25) is 15.1 Å². The molecule has 0 radical (unpaired) electrons. The maximum atomic E-state index is 12.8. The van der Waals surface area contributed by atoms with Gasteiger partial charge in [0.05, 0.1) is 27.6 Å². The van der Waals surface area contributed by atoms with Crippen molar-refractivity contribution in [2.75, 3.05) is 10.6 Å². The first-order valence-corrected chi connectivity index (χ1v) is 10.9. The molecule has 32 heavy (non-hydrogen) atoms. The van der Waals surface area contributed by atoms with Crippen molar-refractivity contribution in [2.45, 2.75) is 13.8 Å². The van der Waals surface area contributed by atoms with Crippen LogP contribution in [0, 0.1) is 13.8 Å². The molecule has 4 rings (SSSR count). The number of aryl methyl sites for hydroxylation is 2. The Bertz CT molecular complexity index is 1260. The maximum Gasteiger partial charge on any atom is 0.323 e. The quantitative estimate of drug-likeness (QED) is 0.310. The highest BCUT2D eigenvalue weighted by molar-refractivity contribution is 6.40. The van der Waals surface area contributed by atoms with E-state index in [0.29, 0.717) is 37.8 Å². The molecule has 0 saturated carbocycles. The van der Waals surface area contributed by atoms with Crippen molar-refractivity contribution in [1.29, 1.82) is 0 Å². The van der Waals surface area contributed by atoms with Crippen LogP contribution in [0.15, 0.2) is 66.9 Å². The first-order valence-electron chi connectivity index (χ1n) is 9.76. The van der Waals surface area contributed by atoms with E-state index < -0.39 is 0 Å². The molecule has 0 aliphatic carbocycles. The van der Waals surface area contributed by atoms with E-state index in [-0.39, 0.29) is 6.03 Å². The zero-order valence-electron chi connectivity index (χ0n) is 17.3. The highest BCUT2D eigenvalue weighted by Crippen LogP contribution is 2.37. The topological polar surface area (TPSA) is 59.0 Å². The molecule has 0 unspecified atom stereocenters. The van der Waals surface area contributed by atoms with Crippen LogP contribution in [-0.4, -0.2) is 15.8 Å². The molecule has 5 nitrogen and oxygen atoms in total. The van der Waals surface area contributed by atoms with Crippen molar-refractivity contribution in [2.24, 2.45) is 0 Å². The van der Waals surface area contributed by atoms with Crippen LogP contribution >= 0.6 is 34.8 Å². The Morgan fingerprint density at radius 1 is 0.875 bits per heavy atom. The van der Waals surface area contributed by atoms with Gasteiger partial charge in [-0.15, -0.1) is 0 Å². The van der Waals surface area contributed by atoms with E-state index in [1.54, 1.807) is 23.0 Å². The molecule has 0 bridgehead atoms. The van der Waals surface area contributed by atoms with Gasteiger partial charge in [0.15, 0.2) is 0 Å². The lowest BCUT2D eigenvalue weighted by Crippen LogP contribution is -2.19. The van der Waals surface area contributed by atoms with Crippen LogP contribution in [0.3, 0.4) is 0 Å². The third-order valence-electron chi connectivity index (χ3n) is 4.74. The van der Waals surface area contributed by atoms with Crippen molar-refractivity contribution in [3.8, 4) is 16.9 Å². The van der Waals surface area contributed by atoms with E-state index in [1.165, 1.54) is 0 Å². The van der Waals surface area contributed by atoms with Gasteiger partial charge in [-0.05, 0) is 49.2 Å². The molecule has 2 amide bonds. The molecule has 1 aromatic heterocycles. The van der Waals surface area contributed by atoms with Crippen molar-refractivity contribution in [3.63, 3.8) is 0 Å². The minimum atomic E-state index is -0.389. The third-order valence-corrected chi connectivity index (χ3v) is 5.53. The second kappa shape index (κ2) is 9.25. The smallest absolute Gasteiger partial charge is 0.308 e. The highest BCUT2D eigenvalue weighted by atomic mass is 35.5. The SMILES string of the molecule is Cc1cc(C)cc(NC(=O)Nc2cnn(-c3c(Cl)cc(Cl)cc3Cl)c2-c2ccccc2)c1. The number of urea groups is 1. The number of anilines is 2. The third kappa shape index (κ3) is 4.75. The molecule has 1 heterocycles. The lowest BCUT2D eigenvalue weighted by atomic mass is 10.1. The van der Waals surface area contributed by atoms with E-state index in [1.807, 2.05) is 62.4 Å². The predicted molar refractivity (Wildman–Crippen MR) is 133 cm³/mol. The van der Waals surface area contributed by atoms with Gasteiger partial charge < -0.3 is 10.6 Å². The minimum Gasteiger partial charge on any atom is -0.308 e. The van der Waals surface area contributed by atoms with Gasteiger partial charge >= 0.3 is 6.03 Å². The summed E-state index contributed by atoms with van der Waals surface area (Å²) in [6.07, 6.45) is 1.56. The van der Waals surface area contributed by atoms with Crippen molar-refractivity contribution < 1.29 is 4.79 Å². The van der Waals surface area contributed by atoms with Gasteiger partial charge in [0, 0.05) is 16.3 Å². The summed E-state index contributed by atoms with van der Waals surface area (Å²) in [6, 6.07) is 18.2. The fraction of sp³-hybridized carbons (Fsp3) is 0.0833. The largest absolute Gasteiger partial charge is 0.323 e. The normalized spacial score (nSPS) is 10.8. The molecule has 0 aliphatic heterocycles. The fourth-order valence-electron chi connectivity index (χ4n) is 3.55. The fourth-order valence-corrected chi connectivity index (χ4v) is 4.53. The van der Waals surface area contributed by atoms with E-state index in [9.17, 15) is 4.79 Å². The van der Waals surface area contributed by atoms with Gasteiger partial charge in [-0.2, -0.15) is 5.10 Å². The van der Waals surface area contributed by atoms with Gasteiger partial charge in [0.1, 0.15) is 5.69 Å². The average Bonchev–Trinajstić information content (AvgIpc) is 3.09. The summed E-state index contributed by atoms with van der Waals surface area (Å²) >= 11 is 19.0. The van der Waals surface area contributed by atoms with Crippen LogP contribution in [-0.2, 0) is 0 Å². The summed E-state index contributed by atoms with van der Waals surface area (Å²) in [5.41, 5.74) is 5.26. The van der Waals surface area contributed by atoms with E-state index in [0.717, 1.165) is 16.7 Å². The number of halogens is 3. The average molecular weight is 486 g/mol. The van der Waals surface area contributed by atoms with Crippen LogP contribution in [0.5, 0.6) is 0 Å². The molecule has 0 saturated heterocycles. The summed E-state index contributed by atoms with van der Waals surface area (Å²) in [5, 5.41) is 11.3. The monoisotopic (exact) mass is 484 g/mol. The van der Waals surface area contributed by atoms with Crippen LogP contribution in [0.4, 0.5) is 16.2 Å². The molecule has 0 spiro atoms. The first-order chi connectivity index (χ1) is 15.3. The molecular weight excluding hydrogens is 467 g/mol. The first kappa shape index (κ1) is 22.2. The Morgan fingerprint density at radius 3 is 2.12 bits per heavy atom. The van der Waals surface area contributed by atoms with Crippen LogP contribution in [0.1, 0.15) is 11.1 Å². The van der Waals surface area contributed by atoms with Crippen molar-refractivity contribution in [3.05, 3.63) is 93.1 Å². The van der Waals surface area contributed by atoms with Gasteiger partial charge in [-0.1, -0.05) is 71.2 Å². The minimum absolute atomic E-state index is 0.342. The molecule has 0 aliphatic rings. The lowest BCUT2D eigenvalue weighted by Gasteiger charge is -2.14. The number of benzene rings is 3. The summed E-state index contributed by atoms with van der Waals surface area (Å²) in [5.74, 6) is 0. The zero-order chi connectivity index (χ0) is 22.8. The van der Waals surface area contributed by atoms with Crippen LogP contribution < -0.4 is 10.6 Å². The van der Waals surface area contributed by atoms with E-state index in [2.05, 4.69) is 15.7 Å². The number of hydrogen-bond donors (Lipinski definition) is 2. The zero-order valence-corrected chi connectivity index (χ0v) is 19.6. The molecule has 4 aromatic rings. The Hall–Kier alpha value is -2.99. The molecular formula is C24H19Cl3N4O. The predicted octanol–water partition coefficient (Wildman–Crippen LogP) is 7.76. The van der Waals surface area contributed by atoms with Crippen molar-refractivity contribution >= 4 is 52.2 Å². The molecule has 0 atom stereocenters. The molecule has 3 aromatic carbocycles. The lowest BCUT2D eigenvalue weighted by molar-refractivity contribution is 0.262. The molecule has 162 valence electrons. The maximum absolute atomic E-state index is 12.8. The Morgan fingerprint density at radius 2 is 1.50 bits per heavy atom. The van der Waals surface area contributed by atoms with Crippen molar-refractivity contribution in [1.82, 2.24) is 9.78 Å². The second-order valence-corrected chi connectivity index (χ2v) is 8.61. The number of hydrogen-bond acceptors (Lipinski definition) is 2. The second-order valence-electron chi connectivity index (χ2n) is 7.36. The summed E-state index contributed by atoms with van der Waals surface area (Å²) < 4.78 is 1.60. The van der Waals surface area contributed by atoms with Gasteiger partial charge in [0.2, 0.25) is 0 Å². The Labute approximate surface area is 200 Å². The van der Waals surface area contributed by atoms with Crippen LogP contribution in [0.25, 0.3) is 16.9 Å². The van der Waals surface area contributed by atoms with E-state index in [4.69, 9.17) is 34.8 Å². The van der Waals surface area contributed by atoms with Gasteiger partial charge in [-0.25, -0.2) is 9.48 Å². The number of nitrogens with zero attached hydrogens (tertiary/aromatic N) is 2. The standard InChI is InChI=1S/C24H19Cl3N4O/c1-14-8-15(2)10-18(9-14)29-24(32)30-21-13-28-31(22(21)16-6-4-3-5-7-16)23-19(26)11-17(25)12-20(23)27/h3-13H,1-2H3,(H2,29,30,32). The molecule has 8 heteroatoms. The summed E-state index contributed by atoms with van der Waals surface area (Å²) in [4.78, 5) is 12.8. The number of carbonyl (C=O) groups excluding carboxylic acids is 1. The Kier molecular flexibility index (Phi) is 6.42. The number of aromatic nitrogens is 2. The van der Waals surface area contributed by atoms with E-state index >= 15 is 0 Å². The summed E-state index contributed by atoms with van der Waals surface area (Å²) in [7, 11) is 0. The molecule has 2 N–H and O–H groups in total. The Balaban J connectivity index is 1.74. The number of carbonyl (C=O) groups is 1. The summed E-state index contributed by atoms with van der Waals surface area (Å²) in [6.45, 7) is 3.96. The number of amides is 2. The number of nitrogens with one attached hydrogen (secondary N) is 2.